The molecule has 9 heteroatoms. The average molecular weight is 340 g/mol. The fraction of sp³-hybridized carbons (Fsp3) is 0.267. The normalized spacial score (nSPS) is 11.9. The van der Waals surface area contributed by atoms with Gasteiger partial charge in [-0.3, -0.25) is 0 Å². The van der Waals surface area contributed by atoms with Crippen molar-refractivity contribution >= 4 is 11.3 Å². The van der Waals surface area contributed by atoms with Gasteiger partial charge in [-0.25, -0.2) is 14.4 Å². The molecule has 0 amide bonds. The second-order valence-electron chi connectivity index (χ2n) is 5.16. The molecule has 3 rings (SSSR count). The molecule has 0 spiro atoms. The molecule has 0 saturated heterocycles. The van der Waals surface area contributed by atoms with E-state index in [4.69, 9.17) is 4.74 Å². The van der Waals surface area contributed by atoms with Crippen LogP contribution in [0.5, 0.6) is 5.88 Å². The number of imidazole rings is 1. The lowest BCUT2D eigenvalue weighted by atomic mass is 10.1. The van der Waals surface area contributed by atoms with Crippen molar-refractivity contribution in [2.45, 2.75) is 19.5 Å². The van der Waals surface area contributed by atoms with Crippen LogP contribution in [0.15, 0.2) is 18.2 Å². The first-order valence-corrected chi connectivity index (χ1v) is 6.91. The highest BCUT2D eigenvalue weighted by Gasteiger charge is 2.33. The monoisotopic (exact) mass is 340 g/mol. The van der Waals surface area contributed by atoms with Crippen molar-refractivity contribution in [3.8, 4) is 5.88 Å². The molecule has 126 valence electrons. The number of hydrogen-bond donors (Lipinski definition) is 1. The molecule has 2 aromatic heterocycles. The van der Waals surface area contributed by atoms with Gasteiger partial charge in [-0.05, 0) is 24.6 Å². The number of aromatic amines is 1. The molecule has 0 fully saturated rings. The highest BCUT2D eigenvalue weighted by atomic mass is 19.4. The van der Waals surface area contributed by atoms with E-state index in [9.17, 15) is 17.6 Å². The van der Waals surface area contributed by atoms with Gasteiger partial charge in [0.05, 0.1) is 12.7 Å². The van der Waals surface area contributed by atoms with Gasteiger partial charge in [-0.15, -0.1) is 0 Å². The van der Waals surface area contributed by atoms with Crippen molar-refractivity contribution in [1.82, 2.24) is 19.9 Å². The Morgan fingerprint density at radius 2 is 1.92 bits per heavy atom. The first-order valence-electron chi connectivity index (χ1n) is 6.91. The zero-order valence-corrected chi connectivity index (χ0v) is 12.7. The van der Waals surface area contributed by atoms with E-state index in [1.54, 1.807) is 6.92 Å². The van der Waals surface area contributed by atoms with Crippen LogP contribution >= 0.6 is 0 Å². The number of H-pyrrole nitrogens is 1. The van der Waals surface area contributed by atoms with Crippen LogP contribution in [0.25, 0.3) is 11.3 Å². The molecule has 2 heterocycles. The number of aryl methyl sites for hydroxylation is 1. The lowest BCUT2D eigenvalue weighted by molar-refractivity contribution is -0.140. The van der Waals surface area contributed by atoms with Gasteiger partial charge in [-0.2, -0.15) is 18.2 Å². The molecular formula is C15H12F4N4O. The third-order valence-electron chi connectivity index (χ3n) is 3.39. The minimum absolute atomic E-state index is 0.0687. The Morgan fingerprint density at radius 3 is 2.54 bits per heavy atom. The number of nitrogens with zero attached hydrogens (tertiary/aromatic N) is 3. The van der Waals surface area contributed by atoms with Crippen LogP contribution in [0.4, 0.5) is 17.6 Å². The van der Waals surface area contributed by atoms with Crippen molar-refractivity contribution in [1.29, 1.82) is 0 Å². The minimum Gasteiger partial charge on any atom is -0.480 e. The molecule has 0 unspecified atom stereocenters. The van der Waals surface area contributed by atoms with Gasteiger partial charge in [0.15, 0.2) is 5.65 Å². The molecule has 1 aromatic carbocycles. The molecule has 0 aliphatic heterocycles. The Balaban J connectivity index is 1.98. The second-order valence-corrected chi connectivity index (χ2v) is 5.16. The van der Waals surface area contributed by atoms with Gasteiger partial charge in [0.2, 0.25) is 11.5 Å². The third-order valence-corrected chi connectivity index (χ3v) is 3.39. The maximum atomic E-state index is 13.7. The van der Waals surface area contributed by atoms with Crippen LogP contribution in [0.2, 0.25) is 0 Å². The van der Waals surface area contributed by atoms with E-state index >= 15 is 0 Å². The van der Waals surface area contributed by atoms with E-state index in [1.807, 2.05) is 0 Å². The molecule has 0 aliphatic rings. The largest absolute Gasteiger partial charge is 0.480 e. The summed E-state index contributed by atoms with van der Waals surface area (Å²) < 4.78 is 56.7. The lowest BCUT2D eigenvalue weighted by Crippen LogP contribution is -2.08. The number of benzene rings is 1. The number of halogens is 4. The summed E-state index contributed by atoms with van der Waals surface area (Å²) in [7, 11) is 1.40. The SMILES string of the molecule is COc1nc2nc(C)[nH]c2nc1Cc1ccc(C(F)(F)F)c(F)c1. The minimum atomic E-state index is -4.73. The maximum Gasteiger partial charge on any atom is 0.419 e. The number of fused-ring (bicyclic) bond motifs is 1. The van der Waals surface area contributed by atoms with Crippen LogP contribution in [-0.2, 0) is 12.6 Å². The van der Waals surface area contributed by atoms with Gasteiger partial charge in [0.1, 0.15) is 17.3 Å². The average Bonchev–Trinajstić information content (AvgIpc) is 2.84. The van der Waals surface area contributed by atoms with Crippen LogP contribution < -0.4 is 4.74 Å². The highest BCUT2D eigenvalue weighted by Crippen LogP contribution is 2.32. The molecule has 5 nitrogen and oxygen atoms in total. The van der Waals surface area contributed by atoms with E-state index in [1.165, 1.54) is 13.2 Å². The Morgan fingerprint density at radius 1 is 1.17 bits per heavy atom. The summed E-state index contributed by atoms with van der Waals surface area (Å²) in [5, 5.41) is 0. The van der Waals surface area contributed by atoms with E-state index in [2.05, 4.69) is 19.9 Å². The molecular weight excluding hydrogens is 328 g/mol. The number of hydrogen-bond acceptors (Lipinski definition) is 4. The lowest BCUT2D eigenvalue weighted by Gasteiger charge is -2.10. The smallest absolute Gasteiger partial charge is 0.419 e. The second kappa shape index (κ2) is 5.73. The third kappa shape index (κ3) is 3.01. The topological polar surface area (TPSA) is 63.7 Å². The summed E-state index contributed by atoms with van der Waals surface area (Å²) >= 11 is 0. The number of ether oxygens (including phenoxy) is 1. The van der Waals surface area contributed by atoms with E-state index in [-0.39, 0.29) is 12.3 Å². The molecule has 0 radical (unpaired) electrons. The number of methoxy groups -OCH3 is 1. The zero-order valence-electron chi connectivity index (χ0n) is 12.7. The van der Waals surface area contributed by atoms with Crippen molar-refractivity contribution in [2.24, 2.45) is 0 Å². The summed E-state index contributed by atoms with van der Waals surface area (Å²) in [5.74, 6) is -0.524. The van der Waals surface area contributed by atoms with Crippen molar-refractivity contribution in [3.05, 3.63) is 46.7 Å². The molecule has 1 N–H and O–H groups in total. The summed E-state index contributed by atoms with van der Waals surface area (Å²) in [6.45, 7) is 1.74. The number of rotatable bonds is 3. The summed E-state index contributed by atoms with van der Waals surface area (Å²) in [6, 6.07) is 2.76. The Kier molecular flexibility index (Phi) is 3.86. The summed E-state index contributed by atoms with van der Waals surface area (Å²) in [4.78, 5) is 15.5. The first kappa shape index (κ1) is 16.2. The Hall–Kier alpha value is -2.71. The molecule has 24 heavy (non-hydrogen) atoms. The van der Waals surface area contributed by atoms with Crippen LogP contribution in [0.3, 0.4) is 0 Å². The Labute approximate surface area is 133 Å². The van der Waals surface area contributed by atoms with Gasteiger partial charge >= 0.3 is 6.18 Å². The van der Waals surface area contributed by atoms with Gasteiger partial charge < -0.3 is 9.72 Å². The summed E-state index contributed by atoms with van der Waals surface area (Å²) in [5.41, 5.74) is 0.183. The van der Waals surface area contributed by atoms with E-state index in [0.717, 1.165) is 6.07 Å². The highest BCUT2D eigenvalue weighted by molar-refractivity contribution is 5.66. The van der Waals surface area contributed by atoms with Crippen LogP contribution in [0.1, 0.15) is 22.6 Å². The predicted molar refractivity (Wildman–Crippen MR) is 77.2 cm³/mol. The van der Waals surface area contributed by atoms with Gasteiger partial charge in [0.25, 0.3) is 0 Å². The van der Waals surface area contributed by atoms with Gasteiger partial charge in [-0.1, -0.05) is 6.07 Å². The van der Waals surface area contributed by atoms with Crippen molar-refractivity contribution in [2.75, 3.05) is 7.11 Å². The predicted octanol–water partition coefficient (Wildman–Crippen LogP) is 3.42. The van der Waals surface area contributed by atoms with Gasteiger partial charge in [0, 0.05) is 6.42 Å². The summed E-state index contributed by atoms with van der Waals surface area (Å²) in [6.07, 6.45) is -4.66. The standard InChI is InChI=1S/C15H12F4N4O/c1-7-20-12-13(21-7)23-14(24-2)11(22-12)6-8-3-4-9(10(16)5-8)15(17,18)19/h3-5H,6H2,1-2H3,(H,20,21,22,23). The number of aromatic nitrogens is 4. The molecule has 0 bridgehead atoms. The Bertz CT molecular complexity index is 904. The van der Waals surface area contributed by atoms with Crippen LogP contribution in [0, 0.1) is 12.7 Å². The number of alkyl halides is 3. The molecule has 3 aromatic rings. The maximum absolute atomic E-state index is 13.7. The fourth-order valence-electron chi connectivity index (χ4n) is 2.34. The first-order chi connectivity index (χ1) is 11.3. The molecule has 0 aliphatic carbocycles. The zero-order chi connectivity index (χ0) is 17.5. The van der Waals surface area contributed by atoms with Crippen molar-refractivity contribution < 1.29 is 22.3 Å². The number of nitrogens with one attached hydrogen (secondary N) is 1. The van der Waals surface area contributed by atoms with E-state index in [0.29, 0.717) is 34.4 Å². The van der Waals surface area contributed by atoms with E-state index < -0.39 is 17.6 Å². The van der Waals surface area contributed by atoms with Crippen LogP contribution in [-0.4, -0.2) is 27.0 Å². The molecule has 0 atom stereocenters. The van der Waals surface area contributed by atoms with Crippen molar-refractivity contribution in [3.63, 3.8) is 0 Å². The molecule has 0 saturated carbocycles. The fourth-order valence-corrected chi connectivity index (χ4v) is 2.34. The quantitative estimate of drug-likeness (QED) is 0.742.